The standard InChI is InChI=1S/C39H47N5O8/c1-27-32(52-38(47)51-27)24-41-20-21-43(30(23-41)17-22-50-31-15-13-29(14-16-31)42-19-8-12-34(42)45)37(46)35-36(28-9-4-3-5-10-28)44(26-40-35)33-11-6-7-18-39(33,48)25-49-2/h3-5,9-10,13-16,26,30,33,48H,6-8,11-12,17-25H2,1-2H3/t30-,33-,39-/m1/s1. The summed E-state index contributed by atoms with van der Waals surface area (Å²) >= 11 is 0. The van der Waals surface area contributed by atoms with Crippen molar-refractivity contribution in [2.24, 2.45) is 0 Å². The number of aryl methyl sites for hydroxylation is 1. The third-order valence-corrected chi connectivity index (χ3v) is 10.7. The summed E-state index contributed by atoms with van der Waals surface area (Å²) in [7, 11) is 1.60. The number of carbonyl (C=O) groups excluding carboxylic acids is 2. The van der Waals surface area contributed by atoms with Gasteiger partial charge in [0, 0.05) is 63.4 Å². The van der Waals surface area contributed by atoms with E-state index < -0.39 is 11.4 Å². The highest BCUT2D eigenvalue weighted by Gasteiger charge is 2.43. The first-order valence-corrected chi connectivity index (χ1v) is 18.2. The lowest BCUT2D eigenvalue weighted by Gasteiger charge is -2.42. The molecule has 0 unspecified atom stereocenters. The minimum atomic E-state index is -1.09. The molecule has 52 heavy (non-hydrogen) atoms. The van der Waals surface area contributed by atoms with Crippen LogP contribution in [0.15, 0.2) is 74.6 Å². The zero-order chi connectivity index (χ0) is 36.2. The number of nitrogens with zero attached hydrogens (tertiary/aromatic N) is 5. The molecule has 0 spiro atoms. The molecule has 4 heterocycles. The van der Waals surface area contributed by atoms with E-state index >= 15 is 0 Å². The molecule has 2 saturated heterocycles. The van der Waals surface area contributed by atoms with E-state index in [1.807, 2.05) is 64.1 Å². The fraction of sp³-hybridized carbons (Fsp3) is 0.487. The Hall–Kier alpha value is -4.72. The number of amides is 2. The van der Waals surface area contributed by atoms with Crippen molar-refractivity contribution in [3.05, 3.63) is 88.8 Å². The van der Waals surface area contributed by atoms with Crippen molar-refractivity contribution in [3.63, 3.8) is 0 Å². The summed E-state index contributed by atoms with van der Waals surface area (Å²) in [6.45, 7) is 4.81. The Bertz CT molecular complexity index is 1900. The Morgan fingerprint density at radius 2 is 1.83 bits per heavy atom. The summed E-state index contributed by atoms with van der Waals surface area (Å²) in [5.41, 5.74) is 1.62. The zero-order valence-electron chi connectivity index (χ0n) is 29.9. The lowest BCUT2D eigenvalue weighted by Crippen LogP contribution is -2.55. The van der Waals surface area contributed by atoms with Crippen molar-refractivity contribution >= 4 is 17.5 Å². The van der Waals surface area contributed by atoms with E-state index in [4.69, 9.17) is 23.3 Å². The normalized spacial score (nSPS) is 22.6. The number of piperazine rings is 1. The summed E-state index contributed by atoms with van der Waals surface area (Å²) in [5.74, 6) is 0.798. The number of methoxy groups -OCH3 is 1. The van der Waals surface area contributed by atoms with Crippen LogP contribution in [0.3, 0.4) is 0 Å². The number of hydrogen-bond acceptors (Lipinski definition) is 10. The lowest BCUT2D eigenvalue weighted by molar-refractivity contribution is -0.117. The van der Waals surface area contributed by atoms with Crippen molar-refractivity contribution < 1.29 is 33.0 Å². The summed E-state index contributed by atoms with van der Waals surface area (Å²) < 4.78 is 24.1. The number of aliphatic hydroxyl groups is 1. The van der Waals surface area contributed by atoms with E-state index in [1.54, 1.807) is 25.3 Å². The van der Waals surface area contributed by atoms with Gasteiger partial charge in [-0.3, -0.25) is 14.5 Å². The molecule has 2 aromatic heterocycles. The van der Waals surface area contributed by atoms with Crippen molar-refractivity contribution in [3.8, 4) is 17.0 Å². The van der Waals surface area contributed by atoms with Gasteiger partial charge in [0.1, 0.15) is 17.1 Å². The Morgan fingerprint density at radius 1 is 1.02 bits per heavy atom. The smallest absolute Gasteiger partial charge is 0.494 e. The van der Waals surface area contributed by atoms with E-state index in [0.717, 1.165) is 43.5 Å². The van der Waals surface area contributed by atoms with E-state index in [1.165, 1.54) is 0 Å². The molecule has 276 valence electrons. The van der Waals surface area contributed by atoms with Crippen LogP contribution in [0.25, 0.3) is 11.3 Å². The Morgan fingerprint density at radius 3 is 2.54 bits per heavy atom. The van der Waals surface area contributed by atoms with Crippen LogP contribution in [0.2, 0.25) is 0 Å². The second-order valence-corrected chi connectivity index (χ2v) is 14.1. The molecule has 13 heteroatoms. The maximum Gasteiger partial charge on any atom is 0.519 e. The van der Waals surface area contributed by atoms with Gasteiger partial charge in [-0.1, -0.05) is 43.2 Å². The monoisotopic (exact) mass is 713 g/mol. The van der Waals surface area contributed by atoms with Gasteiger partial charge >= 0.3 is 5.82 Å². The first kappa shape index (κ1) is 35.7. The molecule has 0 bridgehead atoms. The van der Waals surface area contributed by atoms with Crippen LogP contribution in [-0.2, 0) is 16.1 Å². The molecule has 2 aliphatic heterocycles. The molecule has 0 radical (unpaired) electrons. The van der Waals surface area contributed by atoms with Crippen LogP contribution in [0.1, 0.15) is 73.0 Å². The largest absolute Gasteiger partial charge is 0.519 e. The van der Waals surface area contributed by atoms with E-state index in [0.29, 0.717) is 80.7 Å². The highest BCUT2D eigenvalue weighted by Crippen LogP contribution is 2.41. The van der Waals surface area contributed by atoms with Crippen LogP contribution in [0, 0.1) is 6.92 Å². The number of anilines is 1. The molecule has 3 atom stereocenters. The van der Waals surface area contributed by atoms with E-state index in [9.17, 15) is 19.5 Å². The topological polar surface area (TPSA) is 144 Å². The molecule has 1 N–H and O–H groups in total. The average Bonchev–Trinajstić information content (AvgIpc) is 3.86. The summed E-state index contributed by atoms with van der Waals surface area (Å²) in [6.07, 6.45) is 6.84. The number of ether oxygens (including phenoxy) is 2. The van der Waals surface area contributed by atoms with Gasteiger partial charge in [-0.25, -0.2) is 9.78 Å². The fourth-order valence-corrected chi connectivity index (χ4v) is 8.05. The maximum absolute atomic E-state index is 14.7. The predicted molar refractivity (Wildman–Crippen MR) is 192 cm³/mol. The summed E-state index contributed by atoms with van der Waals surface area (Å²) in [4.78, 5) is 49.3. The number of aromatic nitrogens is 2. The summed E-state index contributed by atoms with van der Waals surface area (Å²) in [5, 5.41) is 11.8. The number of rotatable bonds is 12. The summed E-state index contributed by atoms with van der Waals surface area (Å²) in [6, 6.07) is 16.7. The molecule has 7 rings (SSSR count). The van der Waals surface area contributed by atoms with Crippen LogP contribution in [-0.4, -0.2) is 94.4 Å². The highest BCUT2D eigenvalue weighted by atomic mass is 16.6. The average molecular weight is 714 g/mol. The first-order chi connectivity index (χ1) is 25.2. The first-order valence-electron chi connectivity index (χ1n) is 18.2. The van der Waals surface area contributed by atoms with Gasteiger partial charge in [0.2, 0.25) is 5.91 Å². The maximum atomic E-state index is 14.7. The second-order valence-electron chi connectivity index (χ2n) is 14.1. The van der Waals surface area contributed by atoms with Crippen LogP contribution >= 0.6 is 0 Å². The predicted octanol–water partition coefficient (Wildman–Crippen LogP) is 4.82. The molecule has 1 aliphatic carbocycles. The Balaban J connectivity index is 1.14. The van der Waals surface area contributed by atoms with E-state index in [-0.39, 0.29) is 30.5 Å². The second kappa shape index (κ2) is 15.5. The molecule has 3 fully saturated rings. The Labute approximate surface area is 302 Å². The van der Waals surface area contributed by atoms with Crippen molar-refractivity contribution in [2.75, 3.05) is 51.4 Å². The van der Waals surface area contributed by atoms with Gasteiger partial charge in [0.25, 0.3) is 5.91 Å². The molecule has 13 nitrogen and oxygen atoms in total. The van der Waals surface area contributed by atoms with Crippen molar-refractivity contribution in [1.82, 2.24) is 19.4 Å². The molecule has 2 aromatic carbocycles. The van der Waals surface area contributed by atoms with Gasteiger partial charge in [0.15, 0.2) is 11.5 Å². The van der Waals surface area contributed by atoms with Crippen molar-refractivity contribution in [2.45, 2.75) is 76.1 Å². The third kappa shape index (κ3) is 7.43. The van der Waals surface area contributed by atoms with Gasteiger partial charge in [-0.05, 0) is 50.5 Å². The molecular formula is C39H47N5O8. The number of imidazole rings is 1. The molecule has 1 saturated carbocycles. The molecular weight excluding hydrogens is 666 g/mol. The molecule has 2 amide bonds. The Kier molecular flexibility index (Phi) is 10.6. The lowest BCUT2D eigenvalue weighted by atomic mass is 9.80. The van der Waals surface area contributed by atoms with E-state index in [2.05, 4.69) is 4.90 Å². The number of benzene rings is 2. The quantitative estimate of drug-likeness (QED) is 0.217. The van der Waals surface area contributed by atoms with Gasteiger partial charge in [-0.15, -0.1) is 0 Å². The number of hydrogen-bond donors (Lipinski definition) is 1. The number of carbonyl (C=O) groups is 2. The molecule has 3 aliphatic rings. The fourth-order valence-electron chi connectivity index (χ4n) is 8.05. The third-order valence-electron chi connectivity index (χ3n) is 10.7. The van der Waals surface area contributed by atoms with Crippen LogP contribution < -0.4 is 15.5 Å². The van der Waals surface area contributed by atoms with Gasteiger partial charge < -0.3 is 37.8 Å². The van der Waals surface area contributed by atoms with Crippen LogP contribution in [0.5, 0.6) is 5.75 Å². The minimum Gasteiger partial charge on any atom is -0.494 e. The zero-order valence-corrected chi connectivity index (χ0v) is 29.9. The van der Waals surface area contributed by atoms with Crippen molar-refractivity contribution in [1.29, 1.82) is 0 Å². The molecule has 4 aromatic rings. The van der Waals surface area contributed by atoms with Gasteiger partial charge in [-0.2, -0.15) is 0 Å². The highest BCUT2D eigenvalue weighted by molar-refractivity contribution is 5.98. The van der Waals surface area contributed by atoms with Gasteiger partial charge in [0.05, 0.1) is 37.8 Å². The SMILES string of the molecule is COC[C@]1(O)CCCC[C@H]1n1cnc(C(=O)N2CCN(Cc3oc(=O)oc3C)C[C@H]2CCOc2ccc(N3CCCC3=O)cc2)c1-c1ccccc1. The van der Waals surface area contributed by atoms with Crippen LogP contribution in [0.4, 0.5) is 5.69 Å². The minimum absolute atomic E-state index is 0.134.